The quantitative estimate of drug-likeness (QED) is 0.436. The van der Waals surface area contributed by atoms with E-state index < -0.39 is 0 Å². The second-order valence-electron chi connectivity index (χ2n) is 6.54. The minimum absolute atomic E-state index is 0.124. The molecule has 0 aliphatic carbocycles. The largest absolute Gasteiger partial charge is 0.301 e. The van der Waals surface area contributed by atoms with Crippen LogP contribution in [0.1, 0.15) is 36.4 Å². The number of H-pyrrole nitrogens is 1. The van der Waals surface area contributed by atoms with E-state index in [-0.39, 0.29) is 17.2 Å². The molecule has 3 aromatic rings. The van der Waals surface area contributed by atoms with Crippen molar-refractivity contribution in [2.45, 2.75) is 45.7 Å². The second kappa shape index (κ2) is 8.53. The van der Waals surface area contributed by atoms with Crippen LogP contribution in [0.15, 0.2) is 15.3 Å². The molecule has 2 N–H and O–H groups in total. The van der Waals surface area contributed by atoms with Gasteiger partial charge in [-0.3, -0.25) is 9.59 Å². The predicted molar refractivity (Wildman–Crippen MR) is 114 cm³/mol. The number of aromatic nitrogens is 3. The van der Waals surface area contributed by atoms with Gasteiger partial charge in [0.2, 0.25) is 5.91 Å². The SMILES string of the molecule is CCC(C)Cc1c(C)sc2nc(SCC(=O)Nc3nc(C)cs3)[nH]c(=O)c12. The average Bonchev–Trinajstić information content (AvgIpc) is 3.16. The standard InChI is InChI=1S/C18H22N4O2S3/c1-5-9(2)6-12-11(4)27-16-14(12)15(24)21-18(22-16)26-8-13(23)20-17-19-10(3)7-25-17/h7,9H,5-6,8H2,1-4H3,(H,19,20,23)(H,21,22,24). The molecule has 0 aromatic carbocycles. The first kappa shape index (κ1) is 20.0. The van der Waals surface area contributed by atoms with Crippen LogP contribution in [-0.2, 0) is 11.2 Å². The van der Waals surface area contributed by atoms with Crippen molar-refractivity contribution >= 4 is 55.7 Å². The molecule has 0 saturated carbocycles. The summed E-state index contributed by atoms with van der Waals surface area (Å²) in [5.74, 6) is 0.516. The molecule has 6 nitrogen and oxygen atoms in total. The Morgan fingerprint density at radius 2 is 2.15 bits per heavy atom. The molecule has 0 spiro atoms. The van der Waals surface area contributed by atoms with Gasteiger partial charge in [0.05, 0.1) is 16.8 Å². The summed E-state index contributed by atoms with van der Waals surface area (Å²) in [4.78, 5) is 38.2. The lowest BCUT2D eigenvalue weighted by molar-refractivity contribution is -0.113. The number of hydrogen-bond donors (Lipinski definition) is 2. The normalized spacial score (nSPS) is 12.4. The van der Waals surface area contributed by atoms with Crippen molar-refractivity contribution in [3.63, 3.8) is 0 Å². The summed E-state index contributed by atoms with van der Waals surface area (Å²) in [5.41, 5.74) is 1.85. The number of thiophene rings is 1. The fourth-order valence-electron chi connectivity index (χ4n) is 2.66. The van der Waals surface area contributed by atoms with Crippen molar-refractivity contribution in [3.05, 3.63) is 31.9 Å². The van der Waals surface area contributed by atoms with Gasteiger partial charge in [-0.1, -0.05) is 32.0 Å². The number of hydrogen-bond acceptors (Lipinski definition) is 7. The van der Waals surface area contributed by atoms with Crippen LogP contribution in [0.4, 0.5) is 5.13 Å². The van der Waals surface area contributed by atoms with Gasteiger partial charge >= 0.3 is 0 Å². The van der Waals surface area contributed by atoms with E-state index in [1.807, 2.05) is 19.2 Å². The number of carbonyl (C=O) groups is 1. The van der Waals surface area contributed by atoms with Crippen LogP contribution in [-0.4, -0.2) is 26.6 Å². The van der Waals surface area contributed by atoms with E-state index in [2.05, 4.69) is 34.1 Å². The van der Waals surface area contributed by atoms with Gasteiger partial charge in [-0.05, 0) is 31.7 Å². The number of nitrogens with zero attached hydrogens (tertiary/aromatic N) is 2. The highest BCUT2D eigenvalue weighted by atomic mass is 32.2. The second-order valence-corrected chi connectivity index (χ2v) is 9.56. The zero-order valence-electron chi connectivity index (χ0n) is 15.7. The Hall–Kier alpha value is -1.71. The molecular formula is C18H22N4O2S3. The summed E-state index contributed by atoms with van der Waals surface area (Å²) in [5, 5.41) is 6.39. The Kier molecular flexibility index (Phi) is 6.33. The number of anilines is 1. The number of rotatable bonds is 7. The molecule has 9 heteroatoms. The van der Waals surface area contributed by atoms with E-state index in [0.29, 0.717) is 21.6 Å². The van der Waals surface area contributed by atoms with Gasteiger partial charge in [-0.15, -0.1) is 22.7 Å². The molecule has 144 valence electrons. The van der Waals surface area contributed by atoms with Gasteiger partial charge < -0.3 is 10.3 Å². The lowest BCUT2D eigenvalue weighted by Crippen LogP contribution is -2.15. The van der Waals surface area contributed by atoms with E-state index >= 15 is 0 Å². The average molecular weight is 423 g/mol. The molecule has 1 atom stereocenters. The summed E-state index contributed by atoms with van der Waals surface area (Å²) < 4.78 is 0. The zero-order valence-corrected chi connectivity index (χ0v) is 18.2. The monoisotopic (exact) mass is 422 g/mol. The summed E-state index contributed by atoms with van der Waals surface area (Å²) in [6.07, 6.45) is 1.96. The highest BCUT2D eigenvalue weighted by molar-refractivity contribution is 7.99. The number of amides is 1. The van der Waals surface area contributed by atoms with Crippen molar-refractivity contribution in [1.29, 1.82) is 0 Å². The summed E-state index contributed by atoms with van der Waals surface area (Å²) >= 11 is 4.16. The molecule has 1 unspecified atom stereocenters. The van der Waals surface area contributed by atoms with Gasteiger partial charge in [0.1, 0.15) is 4.83 Å². The van der Waals surface area contributed by atoms with E-state index in [0.717, 1.165) is 33.8 Å². The van der Waals surface area contributed by atoms with Crippen molar-refractivity contribution < 1.29 is 4.79 Å². The lowest BCUT2D eigenvalue weighted by atomic mass is 9.98. The number of thiazole rings is 1. The van der Waals surface area contributed by atoms with Crippen LogP contribution >= 0.6 is 34.4 Å². The van der Waals surface area contributed by atoms with Crippen LogP contribution in [0.25, 0.3) is 10.2 Å². The van der Waals surface area contributed by atoms with Gasteiger partial charge in [-0.25, -0.2) is 9.97 Å². The van der Waals surface area contributed by atoms with Gasteiger partial charge in [0.25, 0.3) is 5.56 Å². The van der Waals surface area contributed by atoms with Gasteiger partial charge in [0.15, 0.2) is 10.3 Å². The van der Waals surface area contributed by atoms with Crippen LogP contribution in [0.3, 0.4) is 0 Å². The van der Waals surface area contributed by atoms with E-state index in [9.17, 15) is 9.59 Å². The Bertz CT molecular complexity index is 1020. The number of carbonyl (C=O) groups excluding carboxylic acids is 1. The maximum Gasteiger partial charge on any atom is 0.260 e. The number of aryl methyl sites for hydroxylation is 2. The molecule has 1 amide bonds. The highest BCUT2D eigenvalue weighted by Crippen LogP contribution is 2.30. The molecule has 0 saturated heterocycles. The van der Waals surface area contributed by atoms with Crippen LogP contribution < -0.4 is 10.9 Å². The van der Waals surface area contributed by atoms with E-state index in [1.165, 1.54) is 23.1 Å². The molecule has 0 fully saturated rings. The molecule has 3 rings (SSSR count). The van der Waals surface area contributed by atoms with Gasteiger partial charge in [-0.2, -0.15) is 0 Å². The number of nitrogens with one attached hydrogen (secondary N) is 2. The highest BCUT2D eigenvalue weighted by Gasteiger charge is 2.17. The van der Waals surface area contributed by atoms with Crippen molar-refractivity contribution in [2.75, 3.05) is 11.1 Å². The Morgan fingerprint density at radius 3 is 2.81 bits per heavy atom. The fraction of sp³-hybridized carbons (Fsp3) is 0.444. The molecule has 3 heterocycles. The van der Waals surface area contributed by atoms with E-state index in [4.69, 9.17) is 0 Å². The molecule has 0 bridgehead atoms. The van der Waals surface area contributed by atoms with Gasteiger partial charge in [0, 0.05) is 10.3 Å². The fourth-order valence-corrected chi connectivity index (χ4v) is 5.14. The first-order chi connectivity index (χ1) is 12.9. The third-order valence-electron chi connectivity index (χ3n) is 4.30. The molecule has 0 aliphatic heterocycles. The Morgan fingerprint density at radius 1 is 1.37 bits per heavy atom. The Labute approximate surface area is 169 Å². The topological polar surface area (TPSA) is 87.7 Å². The minimum Gasteiger partial charge on any atom is -0.301 e. The summed E-state index contributed by atoms with van der Waals surface area (Å²) in [6.45, 7) is 8.27. The number of fused-ring (bicyclic) bond motifs is 1. The first-order valence-electron chi connectivity index (χ1n) is 8.74. The van der Waals surface area contributed by atoms with Crippen LogP contribution in [0, 0.1) is 19.8 Å². The number of aromatic amines is 1. The third kappa shape index (κ3) is 4.77. The summed E-state index contributed by atoms with van der Waals surface area (Å²) in [7, 11) is 0. The minimum atomic E-state index is -0.170. The third-order valence-corrected chi connectivity index (χ3v) is 7.09. The number of thioether (sulfide) groups is 1. The van der Waals surface area contributed by atoms with Crippen LogP contribution in [0.2, 0.25) is 0 Å². The molecule has 27 heavy (non-hydrogen) atoms. The smallest absolute Gasteiger partial charge is 0.260 e. The zero-order chi connectivity index (χ0) is 19.6. The first-order valence-corrected chi connectivity index (χ1v) is 11.4. The molecule has 0 radical (unpaired) electrons. The Balaban J connectivity index is 1.74. The van der Waals surface area contributed by atoms with Crippen LogP contribution in [0.5, 0.6) is 0 Å². The van der Waals surface area contributed by atoms with Crippen molar-refractivity contribution in [2.24, 2.45) is 5.92 Å². The molecule has 0 aliphatic rings. The molecule has 3 aromatic heterocycles. The van der Waals surface area contributed by atoms with Crippen molar-refractivity contribution in [1.82, 2.24) is 15.0 Å². The molecular weight excluding hydrogens is 400 g/mol. The summed E-state index contributed by atoms with van der Waals surface area (Å²) in [6, 6.07) is 0. The maximum absolute atomic E-state index is 12.6. The predicted octanol–water partition coefficient (Wildman–Crippen LogP) is 4.38. The van der Waals surface area contributed by atoms with Crippen molar-refractivity contribution in [3.8, 4) is 0 Å². The van der Waals surface area contributed by atoms with E-state index in [1.54, 1.807) is 11.3 Å². The maximum atomic E-state index is 12.6. The lowest BCUT2D eigenvalue weighted by Gasteiger charge is -2.08.